The van der Waals surface area contributed by atoms with Gasteiger partial charge in [-0.3, -0.25) is 9.78 Å². The van der Waals surface area contributed by atoms with Crippen LogP contribution in [0.4, 0.5) is 0 Å². The number of hydrogen-bond acceptors (Lipinski definition) is 3. The molecule has 1 aliphatic rings. The summed E-state index contributed by atoms with van der Waals surface area (Å²) in [6.45, 7) is 1.47. The summed E-state index contributed by atoms with van der Waals surface area (Å²) in [5.74, 6) is 0.0681. The molecule has 1 amide bonds. The summed E-state index contributed by atoms with van der Waals surface area (Å²) in [7, 11) is 1.71. The first kappa shape index (κ1) is 12.0. The van der Waals surface area contributed by atoms with Gasteiger partial charge in [-0.25, -0.2) is 0 Å². The summed E-state index contributed by atoms with van der Waals surface area (Å²) >= 11 is 0. The highest BCUT2D eigenvalue weighted by Crippen LogP contribution is 2.44. The van der Waals surface area contributed by atoms with Crippen molar-refractivity contribution in [2.45, 2.75) is 19.3 Å². The standard InChI is InChI=1S/C13H18N2O2/c1-17-10-13(4-5-13)9-15-12(16)8-11-2-6-14-7-3-11/h2-3,6-7H,4-5,8-10H2,1H3,(H,15,16). The lowest BCUT2D eigenvalue weighted by molar-refractivity contribution is -0.120. The molecule has 92 valence electrons. The topological polar surface area (TPSA) is 51.2 Å². The minimum Gasteiger partial charge on any atom is -0.384 e. The highest BCUT2D eigenvalue weighted by Gasteiger charge is 2.42. The number of methoxy groups -OCH3 is 1. The van der Waals surface area contributed by atoms with Crippen LogP contribution in [0.3, 0.4) is 0 Å². The Balaban J connectivity index is 1.75. The maximum atomic E-state index is 11.7. The van der Waals surface area contributed by atoms with Crippen LogP contribution in [0.1, 0.15) is 18.4 Å². The molecule has 0 aromatic carbocycles. The van der Waals surface area contributed by atoms with Crippen LogP contribution in [0.2, 0.25) is 0 Å². The molecule has 1 heterocycles. The smallest absolute Gasteiger partial charge is 0.224 e. The first-order valence-corrected chi connectivity index (χ1v) is 5.89. The van der Waals surface area contributed by atoms with Crippen molar-refractivity contribution >= 4 is 5.91 Å². The van der Waals surface area contributed by atoms with E-state index in [-0.39, 0.29) is 11.3 Å². The van der Waals surface area contributed by atoms with Crippen LogP contribution in [-0.2, 0) is 16.0 Å². The van der Waals surface area contributed by atoms with Crippen LogP contribution in [0.5, 0.6) is 0 Å². The lowest BCUT2D eigenvalue weighted by Gasteiger charge is -2.14. The predicted octanol–water partition coefficient (Wildman–Crippen LogP) is 1.17. The van der Waals surface area contributed by atoms with Gasteiger partial charge in [-0.1, -0.05) is 0 Å². The Bertz CT molecular complexity index is 374. The summed E-state index contributed by atoms with van der Waals surface area (Å²) < 4.78 is 5.16. The first-order valence-electron chi connectivity index (χ1n) is 5.89. The van der Waals surface area contributed by atoms with Crippen LogP contribution < -0.4 is 5.32 Å². The van der Waals surface area contributed by atoms with Gasteiger partial charge in [0.15, 0.2) is 0 Å². The molecule has 2 rings (SSSR count). The zero-order valence-corrected chi connectivity index (χ0v) is 10.1. The lowest BCUT2D eigenvalue weighted by atomic mass is 10.1. The quantitative estimate of drug-likeness (QED) is 0.803. The van der Waals surface area contributed by atoms with Gasteiger partial charge in [-0.15, -0.1) is 0 Å². The lowest BCUT2D eigenvalue weighted by Crippen LogP contribution is -2.33. The van der Waals surface area contributed by atoms with E-state index < -0.39 is 0 Å². The Morgan fingerprint density at radius 2 is 2.18 bits per heavy atom. The number of aromatic nitrogens is 1. The predicted molar refractivity (Wildman–Crippen MR) is 64.5 cm³/mol. The maximum absolute atomic E-state index is 11.7. The number of pyridine rings is 1. The Hall–Kier alpha value is -1.42. The molecular formula is C13H18N2O2. The minimum atomic E-state index is 0.0681. The molecule has 0 saturated heterocycles. The second-order valence-electron chi connectivity index (χ2n) is 4.74. The van der Waals surface area contributed by atoms with Crippen molar-refractivity contribution < 1.29 is 9.53 Å². The van der Waals surface area contributed by atoms with E-state index in [0.29, 0.717) is 6.42 Å². The van der Waals surface area contributed by atoms with Crippen molar-refractivity contribution in [3.05, 3.63) is 30.1 Å². The van der Waals surface area contributed by atoms with Gasteiger partial charge in [0.05, 0.1) is 13.0 Å². The number of rotatable bonds is 6. The van der Waals surface area contributed by atoms with Crippen LogP contribution >= 0.6 is 0 Å². The van der Waals surface area contributed by atoms with E-state index in [2.05, 4.69) is 10.3 Å². The molecule has 1 saturated carbocycles. The Morgan fingerprint density at radius 3 is 2.76 bits per heavy atom. The molecule has 0 atom stereocenters. The fourth-order valence-corrected chi connectivity index (χ4v) is 1.89. The third-order valence-electron chi connectivity index (χ3n) is 3.18. The molecule has 4 heteroatoms. The van der Waals surface area contributed by atoms with Gasteiger partial charge in [0, 0.05) is 31.5 Å². The second-order valence-corrected chi connectivity index (χ2v) is 4.74. The van der Waals surface area contributed by atoms with Gasteiger partial charge in [-0.05, 0) is 30.5 Å². The average Bonchev–Trinajstić information content (AvgIpc) is 3.09. The van der Waals surface area contributed by atoms with Crippen molar-refractivity contribution in [3.63, 3.8) is 0 Å². The fraction of sp³-hybridized carbons (Fsp3) is 0.538. The third-order valence-corrected chi connectivity index (χ3v) is 3.18. The van der Waals surface area contributed by atoms with Crippen LogP contribution in [0.15, 0.2) is 24.5 Å². The zero-order chi connectivity index (χ0) is 12.1. The van der Waals surface area contributed by atoms with Gasteiger partial charge < -0.3 is 10.1 Å². The molecular weight excluding hydrogens is 216 g/mol. The fourth-order valence-electron chi connectivity index (χ4n) is 1.89. The van der Waals surface area contributed by atoms with Crippen molar-refractivity contribution in [3.8, 4) is 0 Å². The molecule has 0 aliphatic heterocycles. The van der Waals surface area contributed by atoms with E-state index >= 15 is 0 Å². The molecule has 4 nitrogen and oxygen atoms in total. The molecule has 1 aromatic heterocycles. The van der Waals surface area contributed by atoms with Gasteiger partial charge in [0.1, 0.15) is 0 Å². The second kappa shape index (κ2) is 5.27. The van der Waals surface area contributed by atoms with E-state index in [1.54, 1.807) is 19.5 Å². The SMILES string of the molecule is COCC1(CNC(=O)Cc2ccncc2)CC1. The maximum Gasteiger partial charge on any atom is 0.224 e. The van der Waals surface area contributed by atoms with Gasteiger partial charge in [0.2, 0.25) is 5.91 Å². The number of carbonyl (C=O) groups is 1. The first-order chi connectivity index (χ1) is 8.24. The Kier molecular flexibility index (Phi) is 3.74. The number of amides is 1. The molecule has 0 unspecified atom stereocenters. The molecule has 17 heavy (non-hydrogen) atoms. The summed E-state index contributed by atoms with van der Waals surface area (Å²) in [6, 6.07) is 3.73. The van der Waals surface area contributed by atoms with E-state index in [4.69, 9.17) is 4.74 Å². The number of carbonyl (C=O) groups excluding carboxylic acids is 1. The van der Waals surface area contributed by atoms with Crippen molar-refractivity contribution in [1.29, 1.82) is 0 Å². The van der Waals surface area contributed by atoms with Crippen molar-refractivity contribution in [1.82, 2.24) is 10.3 Å². The number of hydrogen-bond donors (Lipinski definition) is 1. The largest absolute Gasteiger partial charge is 0.384 e. The molecule has 0 spiro atoms. The highest BCUT2D eigenvalue weighted by molar-refractivity contribution is 5.78. The zero-order valence-electron chi connectivity index (χ0n) is 10.1. The van der Waals surface area contributed by atoms with Crippen molar-refractivity contribution in [2.24, 2.45) is 5.41 Å². The molecule has 1 N–H and O–H groups in total. The van der Waals surface area contributed by atoms with Crippen LogP contribution in [-0.4, -0.2) is 31.2 Å². The van der Waals surface area contributed by atoms with Crippen LogP contribution in [0, 0.1) is 5.41 Å². The molecule has 1 aliphatic carbocycles. The Morgan fingerprint density at radius 1 is 1.47 bits per heavy atom. The minimum absolute atomic E-state index is 0.0681. The van der Waals surface area contributed by atoms with Gasteiger partial charge in [-0.2, -0.15) is 0 Å². The summed E-state index contributed by atoms with van der Waals surface area (Å²) in [6.07, 6.45) is 6.13. The number of nitrogens with one attached hydrogen (secondary N) is 1. The van der Waals surface area contributed by atoms with E-state index in [9.17, 15) is 4.79 Å². The number of nitrogens with zero attached hydrogens (tertiary/aromatic N) is 1. The average molecular weight is 234 g/mol. The highest BCUT2D eigenvalue weighted by atomic mass is 16.5. The van der Waals surface area contributed by atoms with E-state index in [1.165, 1.54) is 0 Å². The molecule has 1 fully saturated rings. The monoisotopic (exact) mass is 234 g/mol. The van der Waals surface area contributed by atoms with E-state index in [1.807, 2.05) is 12.1 Å². The molecule has 0 bridgehead atoms. The molecule has 1 aromatic rings. The summed E-state index contributed by atoms with van der Waals surface area (Å²) in [4.78, 5) is 15.6. The molecule has 0 radical (unpaired) electrons. The normalized spacial score (nSPS) is 16.5. The number of ether oxygens (including phenoxy) is 1. The Labute approximate surface area is 101 Å². The third kappa shape index (κ3) is 3.53. The van der Waals surface area contributed by atoms with Gasteiger partial charge >= 0.3 is 0 Å². The van der Waals surface area contributed by atoms with Crippen LogP contribution in [0.25, 0.3) is 0 Å². The summed E-state index contributed by atoms with van der Waals surface area (Å²) in [5, 5.41) is 2.98. The van der Waals surface area contributed by atoms with E-state index in [0.717, 1.165) is 31.6 Å². The van der Waals surface area contributed by atoms with Crippen molar-refractivity contribution in [2.75, 3.05) is 20.3 Å². The summed E-state index contributed by atoms with van der Waals surface area (Å²) in [5.41, 5.74) is 1.21. The van der Waals surface area contributed by atoms with Gasteiger partial charge in [0.25, 0.3) is 0 Å².